The Morgan fingerprint density at radius 3 is 2.83 bits per heavy atom. The molecule has 7 nitrogen and oxygen atoms in total. The van der Waals surface area contributed by atoms with Crippen LogP contribution in [-0.4, -0.2) is 25.8 Å². The fourth-order valence-corrected chi connectivity index (χ4v) is 3.87. The van der Waals surface area contributed by atoms with Gasteiger partial charge in [0.15, 0.2) is 5.69 Å². The molecule has 4 rings (SSSR count). The first-order valence-electron chi connectivity index (χ1n) is 9.23. The Bertz CT molecular complexity index is 1130. The molecule has 4 heterocycles. The number of carbonyl (C=O) groups excluding carboxylic acids is 1. The van der Waals surface area contributed by atoms with Crippen molar-refractivity contribution in [2.24, 2.45) is 0 Å². The number of aromatic nitrogens is 4. The molecule has 4 aromatic heterocycles. The molecule has 8 heteroatoms. The summed E-state index contributed by atoms with van der Waals surface area (Å²) in [5.41, 5.74) is 2.92. The van der Waals surface area contributed by atoms with E-state index in [2.05, 4.69) is 30.6 Å². The lowest BCUT2D eigenvalue weighted by molar-refractivity contribution is 0.0948. The van der Waals surface area contributed by atoms with Gasteiger partial charge in [0, 0.05) is 30.0 Å². The second kappa shape index (κ2) is 8.32. The summed E-state index contributed by atoms with van der Waals surface area (Å²) >= 11 is 1.51. The van der Waals surface area contributed by atoms with E-state index in [1.54, 1.807) is 18.6 Å². The Morgan fingerprint density at radius 2 is 2.07 bits per heavy atom. The van der Waals surface area contributed by atoms with Crippen LogP contribution in [0.2, 0.25) is 0 Å². The molecule has 1 amide bonds. The van der Waals surface area contributed by atoms with Crippen LogP contribution < -0.4 is 10.6 Å². The van der Waals surface area contributed by atoms with Gasteiger partial charge in [0.25, 0.3) is 5.91 Å². The molecule has 0 aromatic carbocycles. The predicted octanol–water partition coefficient (Wildman–Crippen LogP) is 3.89. The second-order valence-electron chi connectivity index (χ2n) is 6.63. The van der Waals surface area contributed by atoms with Crippen LogP contribution in [0.4, 0.5) is 5.95 Å². The third-order valence-corrected chi connectivity index (χ3v) is 5.41. The van der Waals surface area contributed by atoms with Crippen molar-refractivity contribution in [2.45, 2.75) is 26.4 Å². The fraction of sp³-hybridized carbons (Fsp3) is 0.190. The first-order valence-corrected chi connectivity index (χ1v) is 10.0. The molecule has 0 spiro atoms. The average molecular weight is 404 g/mol. The van der Waals surface area contributed by atoms with E-state index in [0.717, 1.165) is 26.4 Å². The standard InChI is InChI=1S/C21H20N6OS/c1-13-10-17-19(29-13)18(20(28)24-12-15-6-5-8-22-11-15)27-21(26-17)25-14(2)16-7-3-4-9-23-16/h3-11,14H,12H2,1-2H3,(H,24,28)(H,25,26,27). The first-order chi connectivity index (χ1) is 14.1. The third-order valence-electron chi connectivity index (χ3n) is 4.36. The van der Waals surface area contributed by atoms with Crippen molar-refractivity contribution in [1.29, 1.82) is 0 Å². The monoisotopic (exact) mass is 404 g/mol. The van der Waals surface area contributed by atoms with Crippen LogP contribution >= 0.6 is 11.3 Å². The minimum absolute atomic E-state index is 0.0975. The van der Waals surface area contributed by atoms with Gasteiger partial charge in [0.1, 0.15) is 0 Å². The summed E-state index contributed by atoms with van der Waals surface area (Å²) in [7, 11) is 0. The molecule has 1 atom stereocenters. The van der Waals surface area contributed by atoms with Gasteiger partial charge in [0.2, 0.25) is 5.95 Å². The molecule has 0 aliphatic heterocycles. The number of rotatable bonds is 6. The van der Waals surface area contributed by atoms with Gasteiger partial charge in [-0.15, -0.1) is 11.3 Å². The van der Waals surface area contributed by atoms with Gasteiger partial charge in [-0.3, -0.25) is 14.8 Å². The van der Waals surface area contributed by atoms with E-state index in [1.807, 2.05) is 50.2 Å². The highest BCUT2D eigenvalue weighted by Crippen LogP contribution is 2.28. The molecule has 2 N–H and O–H groups in total. The summed E-state index contributed by atoms with van der Waals surface area (Å²) in [5.74, 6) is 0.164. The van der Waals surface area contributed by atoms with E-state index in [1.165, 1.54) is 11.3 Å². The lowest BCUT2D eigenvalue weighted by atomic mass is 10.2. The molecular formula is C21H20N6OS. The van der Waals surface area contributed by atoms with Crippen LogP contribution in [0.5, 0.6) is 0 Å². The Kier molecular flexibility index (Phi) is 5.44. The zero-order chi connectivity index (χ0) is 20.2. The molecule has 0 aliphatic rings. The summed E-state index contributed by atoms with van der Waals surface area (Å²) < 4.78 is 0.780. The topological polar surface area (TPSA) is 92.7 Å². The minimum atomic E-state index is -0.239. The minimum Gasteiger partial charge on any atom is -0.347 e. The smallest absolute Gasteiger partial charge is 0.271 e. The quantitative estimate of drug-likeness (QED) is 0.506. The van der Waals surface area contributed by atoms with E-state index in [4.69, 9.17) is 0 Å². The summed E-state index contributed by atoms with van der Waals surface area (Å²) in [4.78, 5) is 31.5. The normalized spacial score (nSPS) is 11.9. The molecule has 0 bridgehead atoms. The van der Waals surface area contributed by atoms with Gasteiger partial charge >= 0.3 is 0 Å². The zero-order valence-electron chi connectivity index (χ0n) is 16.1. The lowest BCUT2D eigenvalue weighted by Crippen LogP contribution is -2.24. The number of hydrogen-bond acceptors (Lipinski definition) is 7. The maximum atomic E-state index is 12.9. The van der Waals surface area contributed by atoms with Crippen LogP contribution in [0, 0.1) is 6.92 Å². The summed E-state index contributed by atoms with van der Waals surface area (Å²) in [5, 5.41) is 6.18. The average Bonchev–Trinajstić information content (AvgIpc) is 3.12. The number of thiophene rings is 1. The number of anilines is 1. The number of fused-ring (bicyclic) bond motifs is 1. The zero-order valence-corrected chi connectivity index (χ0v) is 16.9. The maximum absolute atomic E-state index is 12.9. The van der Waals surface area contributed by atoms with Gasteiger partial charge in [-0.25, -0.2) is 9.97 Å². The first kappa shape index (κ1) is 18.9. The SMILES string of the molecule is Cc1cc2nc(NC(C)c3ccccn3)nc(C(=O)NCc3cccnc3)c2s1. The van der Waals surface area contributed by atoms with Crippen LogP contribution in [-0.2, 0) is 6.54 Å². The predicted molar refractivity (Wildman–Crippen MR) is 114 cm³/mol. The molecule has 146 valence electrons. The van der Waals surface area contributed by atoms with Crippen LogP contribution in [0.1, 0.15) is 39.6 Å². The Hall–Kier alpha value is -3.39. The number of carbonyl (C=O) groups is 1. The van der Waals surface area contributed by atoms with E-state index < -0.39 is 0 Å². The molecule has 0 fully saturated rings. The van der Waals surface area contributed by atoms with Crippen molar-refractivity contribution in [3.05, 3.63) is 76.8 Å². The number of nitrogens with one attached hydrogen (secondary N) is 2. The van der Waals surface area contributed by atoms with Crippen molar-refractivity contribution in [3.8, 4) is 0 Å². The van der Waals surface area contributed by atoms with Crippen molar-refractivity contribution in [2.75, 3.05) is 5.32 Å². The Balaban J connectivity index is 1.61. The number of amides is 1. The highest BCUT2D eigenvalue weighted by atomic mass is 32.1. The Morgan fingerprint density at radius 1 is 1.17 bits per heavy atom. The van der Waals surface area contributed by atoms with Gasteiger partial charge in [-0.05, 0) is 43.7 Å². The van der Waals surface area contributed by atoms with Crippen LogP contribution in [0.15, 0.2) is 55.0 Å². The van der Waals surface area contributed by atoms with Gasteiger partial charge in [0.05, 0.1) is 22.0 Å². The summed E-state index contributed by atoms with van der Waals surface area (Å²) in [6, 6.07) is 11.4. The van der Waals surface area contributed by atoms with E-state index in [9.17, 15) is 4.79 Å². The second-order valence-corrected chi connectivity index (χ2v) is 7.89. The van der Waals surface area contributed by atoms with Crippen molar-refractivity contribution < 1.29 is 4.79 Å². The Labute approximate surface area is 172 Å². The largest absolute Gasteiger partial charge is 0.347 e. The van der Waals surface area contributed by atoms with Crippen LogP contribution in [0.25, 0.3) is 10.2 Å². The number of hydrogen-bond donors (Lipinski definition) is 2. The highest BCUT2D eigenvalue weighted by Gasteiger charge is 2.18. The third kappa shape index (κ3) is 4.38. The van der Waals surface area contributed by atoms with Crippen molar-refractivity contribution in [1.82, 2.24) is 25.3 Å². The summed E-state index contributed by atoms with van der Waals surface area (Å²) in [6.07, 6.45) is 5.18. The maximum Gasteiger partial charge on any atom is 0.271 e. The molecule has 0 saturated heterocycles. The number of nitrogens with zero attached hydrogens (tertiary/aromatic N) is 4. The van der Waals surface area contributed by atoms with E-state index in [0.29, 0.717) is 18.2 Å². The van der Waals surface area contributed by atoms with E-state index in [-0.39, 0.29) is 11.9 Å². The summed E-state index contributed by atoms with van der Waals surface area (Å²) in [6.45, 7) is 4.36. The van der Waals surface area contributed by atoms with Gasteiger partial charge < -0.3 is 10.6 Å². The molecule has 0 saturated carbocycles. The van der Waals surface area contributed by atoms with E-state index >= 15 is 0 Å². The lowest BCUT2D eigenvalue weighted by Gasteiger charge is -2.14. The molecule has 0 radical (unpaired) electrons. The van der Waals surface area contributed by atoms with Gasteiger partial charge in [-0.1, -0.05) is 12.1 Å². The number of pyridine rings is 2. The highest BCUT2D eigenvalue weighted by molar-refractivity contribution is 7.19. The molecule has 29 heavy (non-hydrogen) atoms. The molecular weight excluding hydrogens is 384 g/mol. The van der Waals surface area contributed by atoms with Crippen LogP contribution in [0.3, 0.4) is 0 Å². The van der Waals surface area contributed by atoms with Crippen molar-refractivity contribution >= 4 is 33.4 Å². The van der Waals surface area contributed by atoms with Gasteiger partial charge in [-0.2, -0.15) is 0 Å². The molecule has 4 aromatic rings. The number of aryl methyl sites for hydroxylation is 1. The fourth-order valence-electron chi connectivity index (χ4n) is 2.94. The molecule has 0 aliphatic carbocycles. The van der Waals surface area contributed by atoms with Crippen molar-refractivity contribution in [3.63, 3.8) is 0 Å². The molecule has 1 unspecified atom stereocenters.